The van der Waals surface area contributed by atoms with Crippen molar-refractivity contribution in [2.75, 3.05) is 30.0 Å². The van der Waals surface area contributed by atoms with E-state index >= 15 is 0 Å². The molecule has 1 aromatic carbocycles. The van der Waals surface area contributed by atoms with E-state index < -0.39 is 18.6 Å². The Morgan fingerprint density at radius 2 is 2.22 bits per heavy atom. The van der Waals surface area contributed by atoms with Gasteiger partial charge in [-0.15, -0.1) is 0 Å². The lowest BCUT2D eigenvalue weighted by atomic mass is 10.1. The summed E-state index contributed by atoms with van der Waals surface area (Å²) in [5.41, 5.74) is 1.69. The van der Waals surface area contributed by atoms with Crippen LogP contribution in [0, 0.1) is 0 Å². The number of rotatable bonds is 5. The number of halogens is 2. The molecule has 0 saturated carbocycles. The largest absolute Gasteiger partial charge is 0.491 e. The topological polar surface area (TPSA) is 68.6 Å². The Balaban J connectivity index is 1.70. The van der Waals surface area contributed by atoms with Gasteiger partial charge in [-0.05, 0) is 18.6 Å². The highest BCUT2D eigenvalue weighted by molar-refractivity contribution is 5.89. The van der Waals surface area contributed by atoms with Crippen molar-refractivity contribution >= 4 is 17.6 Å². The molecule has 1 saturated heterocycles. The molecule has 3 heterocycles. The minimum Gasteiger partial charge on any atom is -0.491 e. The average Bonchev–Trinajstić information content (AvgIpc) is 3.19. The summed E-state index contributed by atoms with van der Waals surface area (Å²) in [6.45, 7) is 3.50. The predicted octanol–water partition coefficient (Wildman–Crippen LogP) is 3.35. The molecule has 1 atom stereocenters. The number of aromatic nitrogens is 2. The molecular formula is C18H20F2N4O3. The smallest absolute Gasteiger partial charge is 0.416 e. The lowest BCUT2D eigenvalue weighted by Crippen LogP contribution is -2.38. The lowest BCUT2D eigenvalue weighted by molar-refractivity contribution is 0.104. The van der Waals surface area contributed by atoms with Crippen LogP contribution >= 0.6 is 0 Å². The van der Waals surface area contributed by atoms with Gasteiger partial charge in [-0.25, -0.2) is 23.5 Å². The summed E-state index contributed by atoms with van der Waals surface area (Å²) in [6, 6.07) is 4.39. The summed E-state index contributed by atoms with van der Waals surface area (Å²) >= 11 is 0. The van der Waals surface area contributed by atoms with E-state index in [4.69, 9.17) is 9.47 Å². The van der Waals surface area contributed by atoms with Crippen LogP contribution < -0.4 is 15.0 Å². The maximum absolute atomic E-state index is 13.2. The van der Waals surface area contributed by atoms with Gasteiger partial charge in [0.15, 0.2) is 5.82 Å². The first kappa shape index (κ1) is 17.6. The van der Waals surface area contributed by atoms with Crippen LogP contribution in [0.2, 0.25) is 0 Å². The van der Waals surface area contributed by atoms with Crippen molar-refractivity contribution in [1.82, 2.24) is 9.55 Å². The van der Waals surface area contributed by atoms with E-state index in [0.717, 1.165) is 29.1 Å². The monoisotopic (exact) mass is 378 g/mol. The Kier molecular flexibility index (Phi) is 4.59. The van der Waals surface area contributed by atoms with E-state index in [9.17, 15) is 13.6 Å². The van der Waals surface area contributed by atoms with Crippen molar-refractivity contribution in [3.05, 3.63) is 24.4 Å². The highest BCUT2D eigenvalue weighted by Crippen LogP contribution is 2.36. The first-order valence-corrected chi connectivity index (χ1v) is 8.91. The van der Waals surface area contributed by atoms with Gasteiger partial charge in [0.1, 0.15) is 30.8 Å². The molecule has 0 radical (unpaired) electrons. The van der Waals surface area contributed by atoms with Gasteiger partial charge in [-0.3, -0.25) is 0 Å². The van der Waals surface area contributed by atoms with Crippen molar-refractivity contribution in [1.29, 1.82) is 0 Å². The Hall–Kier alpha value is -2.84. The number of nitrogens with one attached hydrogen (secondary N) is 1. The molecule has 4 rings (SSSR count). The van der Waals surface area contributed by atoms with Crippen LogP contribution in [0.4, 0.5) is 25.1 Å². The molecule has 1 unspecified atom stereocenters. The number of benzene rings is 1. The number of nitrogens with zero attached hydrogens (tertiary/aromatic N) is 3. The van der Waals surface area contributed by atoms with E-state index in [0.29, 0.717) is 24.7 Å². The van der Waals surface area contributed by atoms with E-state index in [1.165, 1.54) is 0 Å². The van der Waals surface area contributed by atoms with Crippen molar-refractivity contribution in [3.8, 4) is 17.1 Å². The third-order valence-electron chi connectivity index (χ3n) is 4.60. The van der Waals surface area contributed by atoms with E-state index in [2.05, 4.69) is 17.2 Å². The van der Waals surface area contributed by atoms with Crippen LogP contribution in [0.15, 0.2) is 24.4 Å². The molecule has 0 bridgehead atoms. The number of ether oxygens (including phenoxy) is 2. The first-order chi connectivity index (χ1) is 13.1. The highest BCUT2D eigenvalue weighted by atomic mass is 19.3. The summed E-state index contributed by atoms with van der Waals surface area (Å²) in [6.07, 6.45) is -0.910. The molecule has 2 aliphatic rings. The molecule has 144 valence electrons. The molecule has 27 heavy (non-hydrogen) atoms. The number of cyclic esters (lactones) is 1. The van der Waals surface area contributed by atoms with Crippen LogP contribution in [0.25, 0.3) is 11.4 Å². The third-order valence-corrected chi connectivity index (χ3v) is 4.60. The fourth-order valence-corrected chi connectivity index (χ4v) is 3.25. The lowest BCUT2D eigenvalue weighted by Gasteiger charge is -2.17. The minimum atomic E-state index is -2.71. The van der Waals surface area contributed by atoms with Crippen molar-refractivity contribution in [2.45, 2.75) is 32.4 Å². The second-order valence-corrected chi connectivity index (χ2v) is 6.45. The second-order valence-electron chi connectivity index (χ2n) is 6.45. The summed E-state index contributed by atoms with van der Waals surface area (Å²) < 4.78 is 38.9. The third kappa shape index (κ3) is 3.17. The number of hydrogen-bond acceptors (Lipinski definition) is 5. The highest BCUT2D eigenvalue weighted by Gasteiger charge is 2.42. The molecule has 0 spiro atoms. The van der Waals surface area contributed by atoms with Gasteiger partial charge in [0.2, 0.25) is 0 Å². The predicted molar refractivity (Wildman–Crippen MR) is 95.6 cm³/mol. The Bertz CT molecular complexity index is 855. The van der Waals surface area contributed by atoms with Crippen LogP contribution in [0.3, 0.4) is 0 Å². The Morgan fingerprint density at radius 3 is 3.00 bits per heavy atom. The van der Waals surface area contributed by atoms with Gasteiger partial charge in [0, 0.05) is 24.5 Å². The number of fused-ring (bicyclic) bond motifs is 3. The molecule has 1 fully saturated rings. The zero-order chi connectivity index (χ0) is 19.0. The van der Waals surface area contributed by atoms with Crippen molar-refractivity contribution < 1.29 is 23.0 Å². The molecule has 7 nitrogen and oxygen atoms in total. The fraction of sp³-hybridized carbons (Fsp3) is 0.444. The maximum atomic E-state index is 13.2. The SMILES string of the molecule is CCCNc1ccc2c(c1)OCCn1cc(N3C(=O)OCC3C(F)F)nc1-2. The second kappa shape index (κ2) is 7.05. The summed E-state index contributed by atoms with van der Waals surface area (Å²) in [4.78, 5) is 17.3. The van der Waals surface area contributed by atoms with Gasteiger partial charge in [0.25, 0.3) is 6.43 Å². The molecular weight excluding hydrogens is 358 g/mol. The molecule has 1 amide bonds. The number of alkyl halides is 2. The average molecular weight is 378 g/mol. The molecule has 2 aromatic rings. The standard InChI is InChI=1S/C18H20F2N4O3/c1-2-5-21-11-3-4-12-14(8-11)26-7-6-23-9-15(22-17(12)23)24-13(16(19)20)10-27-18(24)25/h3-4,8-9,13,16,21H,2,5-7,10H2,1H3. The zero-order valence-corrected chi connectivity index (χ0v) is 14.8. The number of carbonyl (C=O) groups is 1. The summed E-state index contributed by atoms with van der Waals surface area (Å²) in [5, 5.41) is 3.30. The van der Waals surface area contributed by atoms with Gasteiger partial charge in [-0.2, -0.15) is 0 Å². The Labute approximate surface area is 154 Å². The van der Waals surface area contributed by atoms with E-state index in [1.54, 1.807) is 6.20 Å². The van der Waals surface area contributed by atoms with Crippen molar-refractivity contribution in [2.24, 2.45) is 0 Å². The van der Waals surface area contributed by atoms with Crippen LogP contribution in [-0.4, -0.2) is 47.9 Å². The maximum Gasteiger partial charge on any atom is 0.416 e. The minimum absolute atomic E-state index is 0.166. The quantitative estimate of drug-likeness (QED) is 0.864. The molecule has 0 aliphatic carbocycles. The van der Waals surface area contributed by atoms with Crippen LogP contribution in [-0.2, 0) is 11.3 Å². The number of anilines is 2. The zero-order valence-electron chi connectivity index (χ0n) is 14.8. The van der Waals surface area contributed by atoms with Crippen LogP contribution in [0.5, 0.6) is 5.75 Å². The molecule has 9 heteroatoms. The van der Waals surface area contributed by atoms with Gasteiger partial charge in [0.05, 0.1) is 12.1 Å². The van der Waals surface area contributed by atoms with Gasteiger partial charge in [-0.1, -0.05) is 6.92 Å². The number of carbonyl (C=O) groups excluding carboxylic acids is 1. The molecule has 1 N–H and O–H groups in total. The van der Waals surface area contributed by atoms with E-state index in [-0.39, 0.29) is 12.4 Å². The van der Waals surface area contributed by atoms with Crippen molar-refractivity contribution in [3.63, 3.8) is 0 Å². The Morgan fingerprint density at radius 1 is 1.37 bits per heavy atom. The number of imidazole rings is 1. The molecule has 2 aliphatic heterocycles. The fourth-order valence-electron chi connectivity index (χ4n) is 3.25. The van der Waals surface area contributed by atoms with Crippen LogP contribution in [0.1, 0.15) is 13.3 Å². The normalized spacial score (nSPS) is 18.6. The summed E-state index contributed by atoms with van der Waals surface area (Å²) in [5.74, 6) is 1.41. The number of amides is 1. The first-order valence-electron chi connectivity index (χ1n) is 8.91. The van der Waals surface area contributed by atoms with Gasteiger partial charge < -0.3 is 19.4 Å². The summed E-state index contributed by atoms with van der Waals surface area (Å²) in [7, 11) is 0. The molecule has 1 aromatic heterocycles. The number of hydrogen-bond donors (Lipinski definition) is 1. The van der Waals surface area contributed by atoms with Gasteiger partial charge >= 0.3 is 6.09 Å². The van der Waals surface area contributed by atoms with E-state index in [1.807, 2.05) is 22.8 Å².